The van der Waals surface area contributed by atoms with Gasteiger partial charge in [0.1, 0.15) is 0 Å². The minimum atomic E-state index is 0.226. The molecule has 2 heterocycles. The summed E-state index contributed by atoms with van der Waals surface area (Å²) in [6, 6.07) is 19.4. The van der Waals surface area contributed by atoms with Crippen molar-refractivity contribution in [3.05, 3.63) is 71.3 Å². The summed E-state index contributed by atoms with van der Waals surface area (Å²) in [4.78, 5) is 17.8. The number of amides is 1. The molecule has 0 aromatic heterocycles. The van der Waals surface area contributed by atoms with Crippen molar-refractivity contribution in [2.45, 2.75) is 32.1 Å². The Balaban J connectivity index is 1.18. The molecule has 3 aromatic rings. The molecule has 0 saturated carbocycles. The number of rotatable bonds is 7. The normalized spacial score (nSPS) is 18.9. The highest BCUT2D eigenvalue weighted by Crippen LogP contribution is 2.32. The molecule has 1 saturated heterocycles. The van der Waals surface area contributed by atoms with Crippen LogP contribution < -0.4 is 9.47 Å². The maximum Gasteiger partial charge on any atom is 0.227 e. The predicted molar refractivity (Wildman–Crippen MR) is 140 cm³/mol. The lowest BCUT2D eigenvalue weighted by molar-refractivity contribution is -0.131. The monoisotopic (exact) mass is 472 g/mol. The summed E-state index contributed by atoms with van der Waals surface area (Å²) in [5.41, 5.74) is 3.66. The van der Waals surface area contributed by atoms with Crippen LogP contribution in [0, 0.1) is 5.92 Å². The Kier molecular flexibility index (Phi) is 7.24. The van der Waals surface area contributed by atoms with Crippen LogP contribution in [0.3, 0.4) is 0 Å². The standard InChI is InChI=1S/C30H36N2O3/c1-34-28-17-26-12-15-32(30(33)19-27(26)18-29(28)35-2)21-23-6-5-13-31(20-23)14-11-22-9-10-24-7-3-4-8-25(24)16-22/h3-4,7-10,16-18,23H,5-6,11-15,19-21H2,1-2H3. The van der Waals surface area contributed by atoms with E-state index in [-0.39, 0.29) is 5.91 Å². The number of methoxy groups -OCH3 is 2. The number of carbonyl (C=O) groups is 1. The van der Waals surface area contributed by atoms with E-state index in [9.17, 15) is 4.79 Å². The maximum absolute atomic E-state index is 13.1. The molecule has 0 bridgehead atoms. The number of nitrogens with zero attached hydrogens (tertiary/aromatic N) is 2. The molecule has 1 unspecified atom stereocenters. The molecule has 3 aromatic carbocycles. The SMILES string of the molecule is COc1cc2c(cc1OC)CC(=O)N(CC1CCCN(CCc3ccc4ccccc4c3)C1)CC2. The molecule has 0 spiro atoms. The average molecular weight is 473 g/mol. The topological polar surface area (TPSA) is 42.0 Å². The van der Waals surface area contributed by atoms with E-state index < -0.39 is 0 Å². The molecule has 1 atom stereocenters. The van der Waals surface area contributed by atoms with Gasteiger partial charge in [-0.1, -0.05) is 42.5 Å². The van der Waals surface area contributed by atoms with E-state index in [1.54, 1.807) is 14.2 Å². The van der Waals surface area contributed by atoms with Gasteiger partial charge >= 0.3 is 0 Å². The van der Waals surface area contributed by atoms with E-state index in [0.717, 1.165) is 56.9 Å². The molecule has 1 amide bonds. The number of hydrogen-bond acceptors (Lipinski definition) is 4. The first-order chi connectivity index (χ1) is 17.1. The molecule has 184 valence electrons. The van der Waals surface area contributed by atoms with Gasteiger partial charge in [0.15, 0.2) is 11.5 Å². The van der Waals surface area contributed by atoms with Crippen molar-refractivity contribution in [3.63, 3.8) is 0 Å². The lowest BCUT2D eigenvalue weighted by atomic mass is 9.96. The number of benzene rings is 3. The first-order valence-corrected chi connectivity index (χ1v) is 12.8. The second-order valence-corrected chi connectivity index (χ2v) is 9.98. The Morgan fingerprint density at radius 3 is 2.49 bits per heavy atom. The van der Waals surface area contributed by atoms with Crippen molar-refractivity contribution >= 4 is 16.7 Å². The number of hydrogen-bond donors (Lipinski definition) is 0. The number of ether oxygens (including phenoxy) is 2. The van der Waals surface area contributed by atoms with Crippen molar-refractivity contribution in [1.82, 2.24) is 9.80 Å². The van der Waals surface area contributed by atoms with E-state index in [4.69, 9.17) is 9.47 Å². The zero-order valence-corrected chi connectivity index (χ0v) is 21.0. The smallest absolute Gasteiger partial charge is 0.227 e. The molecule has 0 aliphatic carbocycles. The summed E-state index contributed by atoms with van der Waals surface area (Å²) in [7, 11) is 3.30. The number of fused-ring (bicyclic) bond motifs is 2. The Morgan fingerprint density at radius 1 is 0.914 bits per heavy atom. The highest BCUT2D eigenvalue weighted by atomic mass is 16.5. The molecule has 5 nitrogen and oxygen atoms in total. The van der Waals surface area contributed by atoms with E-state index in [1.807, 2.05) is 12.1 Å². The lowest BCUT2D eigenvalue weighted by Crippen LogP contribution is -2.44. The summed E-state index contributed by atoms with van der Waals surface area (Å²) < 4.78 is 10.9. The summed E-state index contributed by atoms with van der Waals surface area (Å²) in [6.45, 7) is 4.94. The molecule has 2 aliphatic rings. The highest BCUT2D eigenvalue weighted by Gasteiger charge is 2.27. The Hall–Kier alpha value is -3.05. The van der Waals surface area contributed by atoms with Gasteiger partial charge in [0.05, 0.1) is 20.6 Å². The molecule has 0 N–H and O–H groups in total. The third kappa shape index (κ3) is 5.46. The second-order valence-electron chi connectivity index (χ2n) is 9.98. The van der Waals surface area contributed by atoms with Crippen LogP contribution in [0.15, 0.2) is 54.6 Å². The minimum absolute atomic E-state index is 0.226. The molecule has 2 aliphatic heterocycles. The van der Waals surface area contributed by atoms with Crippen molar-refractivity contribution in [1.29, 1.82) is 0 Å². The van der Waals surface area contributed by atoms with E-state index in [0.29, 0.717) is 18.1 Å². The van der Waals surface area contributed by atoms with Crippen LogP contribution in [-0.2, 0) is 24.1 Å². The number of carbonyl (C=O) groups excluding carboxylic acids is 1. The summed E-state index contributed by atoms with van der Waals surface area (Å²) >= 11 is 0. The van der Waals surface area contributed by atoms with Crippen molar-refractivity contribution in [2.75, 3.05) is 46.9 Å². The first kappa shape index (κ1) is 23.7. The van der Waals surface area contributed by atoms with Crippen molar-refractivity contribution in [3.8, 4) is 11.5 Å². The fourth-order valence-electron chi connectivity index (χ4n) is 5.70. The van der Waals surface area contributed by atoms with Gasteiger partial charge in [0, 0.05) is 26.2 Å². The van der Waals surface area contributed by atoms with Crippen LogP contribution in [0.4, 0.5) is 0 Å². The molecule has 0 radical (unpaired) electrons. The van der Waals surface area contributed by atoms with E-state index in [1.165, 1.54) is 34.7 Å². The van der Waals surface area contributed by atoms with Crippen molar-refractivity contribution in [2.24, 2.45) is 5.92 Å². The highest BCUT2D eigenvalue weighted by molar-refractivity contribution is 5.83. The number of likely N-dealkylation sites (tertiary alicyclic amines) is 1. The zero-order valence-electron chi connectivity index (χ0n) is 21.0. The molecule has 35 heavy (non-hydrogen) atoms. The maximum atomic E-state index is 13.1. The quantitative estimate of drug-likeness (QED) is 0.498. The summed E-state index contributed by atoms with van der Waals surface area (Å²) in [6.07, 6.45) is 4.77. The van der Waals surface area contributed by atoms with E-state index in [2.05, 4.69) is 52.3 Å². The van der Waals surface area contributed by atoms with Crippen LogP contribution in [0.1, 0.15) is 29.5 Å². The van der Waals surface area contributed by atoms with Gasteiger partial charge in [-0.15, -0.1) is 0 Å². The first-order valence-electron chi connectivity index (χ1n) is 12.8. The van der Waals surface area contributed by atoms with Crippen molar-refractivity contribution < 1.29 is 14.3 Å². The summed E-state index contributed by atoms with van der Waals surface area (Å²) in [5.74, 6) is 2.20. The zero-order chi connectivity index (χ0) is 24.2. The van der Waals surface area contributed by atoms with Gasteiger partial charge in [0.25, 0.3) is 0 Å². The van der Waals surface area contributed by atoms with Gasteiger partial charge in [-0.25, -0.2) is 0 Å². The molecule has 5 heteroatoms. The number of piperidine rings is 1. The predicted octanol–water partition coefficient (Wildman–Crippen LogP) is 4.74. The fourth-order valence-corrected chi connectivity index (χ4v) is 5.70. The lowest BCUT2D eigenvalue weighted by Gasteiger charge is -2.35. The van der Waals surface area contributed by atoms with Gasteiger partial charge in [0.2, 0.25) is 5.91 Å². The molecule has 5 rings (SSSR count). The van der Waals surface area contributed by atoms with Crippen LogP contribution >= 0.6 is 0 Å². The molecule has 1 fully saturated rings. The molecular formula is C30H36N2O3. The average Bonchev–Trinajstić information content (AvgIpc) is 3.04. The second kappa shape index (κ2) is 10.7. The van der Waals surface area contributed by atoms with Gasteiger partial charge in [-0.2, -0.15) is 0 Å². The Morgan fingerprint density at radius 2 is 1.69 bits per heavy atom. The van der Waals surface area contributed by atoms with Gasteiger partial charge in [-0.05, 0) is 77.7 Å². The minimum Gasteiger partial charge on any atom is -0.493 e. The van der Waals surface area contributed by atoms with Crippen LogP contribution in [-0.4, -0.2) is 62.7 Å². The van der Waals surface area contributed by atoms with E-state index >= 15 is 0 Å². The fraction of sp³-hybridized carbons (Fsp3) is 0.433. The largest absolute Gasteiger partial charge is 0.493 e. The van der Waals surface area contributed by atoms with Crippen LogP contribution in [0.5, 0.6) is 11.5 Å². The Bertz CT molecular complexity index is 1190. The van der Waals surface area contributed by atoms with Gasteiger partial charge < -0.3 is 19.3 Å². The van der Waals surface area contributed by atoms with Crippen LogP contribution in [0.2, 0.25) is 0 Å². The third-order valence-corrected chi connectivity index (χ3v) is 7.66. The Labute approximate surface area is 208 Å². The molecular weight excluding hydrogens is 436 g/mol. The summed E-state index contributed by atoms with van der Waals surface area (Å²) in [5, 5.41) is 2.62. The third-order valence-electron chi connectivity index (χ3n) is 7.66. The van der Waals surface area contributed by atoms with Gasteiger partial charge in [-0.3, -0.25) is 4.79 Å². The van der Waals surface area contributed by atoms with Crippen LogP contribution in [0.25, 0.3) is 10.8 Å².